The van der Waals surface area contributed by atoms with Crippen LogP contribution in [0.25, 0.3) is 28.0 Å². The van der Waals surface area contributed by atoms with Crippen molar-refractivity contribution in [1.82, 2.24) is 19.9 Å². The smallest absolute Gasteiger partial charge is 0.278 e. The Kier molecular flexibility index (Phi) is 5.66. The van der Waals surface area contributed by atoms with Gasteiger partial charge in [0.05, 0.1) is 42.2 Å². The minimum atomic E-state index is -0.354. The van der Waals surface area contributed by atoms with Crippen LogP contribution in [-0.2, 0) is 0 Å². The van der Waals surface area contributed by atoms with Crippen LogP contribution in [0.3, 0.4) is 0 Å². The molecule has 3 heterocycles. The molecule has 3 aromatic heterocycles. The third-order valence-electron chi connectivity index (χ3n) is 5.71. The van der Waals surface area contributed by atoms with E-state index in [1.807, 2.05) is 61.5 Å². The van der Waals surface area contributed by atoms with Gasteiger partial charge in [-0.2, -0.15) is 5.10 Å². The number of methoxy groups -OCH3 is 2. The lowest BCUT2D eigenvalue weighted by molar-refractivity contribution is 0.102. The van der Waals surface area contributed by atoms with Gasteiger partial charge in [-0.15, -0.1) is 0 Å². The van der Waals surface area contributed by atoms with Gasteiger partial charge in [0.1, 0.15) is 11.4 Å². The Morgan fingerprint density at radius 3 is 2.43 bits per heavy atom. The van der Waals surface area contributed by atoms with E-state index >= 15 is 0 Å². The Hall–Kier alpha value is -4.66. The molecule has 0 fully saturated rings. The van der Waals surface area contributed by atoms with Gasteiger partial charge >= 0.3 is 0 Å². The van der Waals surface area contributed by atoms with Gasteiger partial charge in [-0.25, -0.2) is 9.67 Å². The number of hydrogen-bond donors (Lipinski definition) is 1. The largest absolute Gasteiger partial charge is 0.497 e. The number of nitrogens with zero attached hydrogens (tertiary/aromatic N) is 4. The zero-order valence-corrected chi connectivity index (χ0v) is 19.7. The van der Waals surface area contributed by atoms with Crippen LogP contribution in [0.4, 0.5) is 5.69 Å². The van der Waals surface area contributed by atoms with Crippen molar-refractivity contribution in [2.45, 2.75) is 13.8 Å². The van der Waals surface area contributed by atoms with Crippen molar-refractivity contribution in [2.75, 3.05) is 19.5 Å². The van der Waals surface area contributed by atoms with Crippen LogP contribution in [0.2, 0.25) is 0 Å². The van der Waals surface area contributed by atoms with E-state index in [1.165, 1.54) is 7.11 Å². The van der Waals surface area contributed by atoms with Gasteiger partial charge in [0.15, 0.2) is 11.4 Å². The molecule has 0 spiro atoms. The maximum absolute atomic E-state index is 13.6. The number of benzene rings is 2. The summed E-state index contributed by atoms with van der Waals surface area (Å²) in [6, 6.07) is 19.0. The van der Waals surface area contributed by atoms with E-state index in [9.17, 15) is 4.79 Å². The van der Waals surface area contributed by atoms with Crippen LogP contribution in [0.15, 0.2) is 65.2 Å². The summed E-state index contributed by atoms with van der Waals surface area (Å²) >= 11 is 0. The number of aromatic nitrogens is 4. The summed E-state index contributed by atoms with van der Waals surface area (Å²) in [5.74, 6) is 1.02. The Bertz CT molecular complexity index is 1520. The molecule has 0 bridgehead atoms. The Morgan fingerprint density at radius 2 is 1.74 bits per heavy atom. The molecule has 0 radical (unpaired) electrons. The van der Waals surface area contributed by atoms with Gasteiger partial charge in [0.2, 0.25) is 0 Å². The number of pyridine rings is 1. The number of aryl methyl sites for hydroxylation is 2. The summed E-state index contributed by atoms with van der Waals surface area (Å²) in [4.78, 5) is 18.5. The number of rotatable bonds is 6. The number of ether oxygens (including phenoxy) is 2. The fraction of sp³-hybridized carbons (Fsp3) is 0.154. The normalized spacial score (nSPS) is 11.0. The lowest BCUT2D eigenvalue weighted by Gasteiger charge is -2.10. The highest BCUT2D eigenvalue weighted by Gasteiger charge is 2.23. The van der Waals surface area contributed by atoms with Crippen molar-refractivity contribution in [2.24, 2.45) is 0 Å². The number of amides is 1. The number of para-hydroxylation sites is 1. The van der Waals surface area contributed by atoms with Crippen molar-refractivity contribution < 1.29 is 18.8 Å². The fourth-order valence-electron chi connectivity index (χ4n) is 3.94. The Morgan fingerprint density at radius 1 is 1.00 bits per heavy atom. The molecule has 0 unspecified atom stereocenters. The van der Waals surface area contributed by atoms with Crippen molar-refractivity contribution in [3.8, 4) is 28.6 Å². The maximum atomic E-state index is 13.6. The molecule has 0 aliphatic heterocycles. The van der Waals surface area contributed by atoms with E-state index in [0.29, 0.717) is 39.4 Å². The predicted molar refractivity (Wildman–Crippen MR) is 131 cm³/mol. The highest BCUT2D eigenvalue weighted by Crippen LogP contribution is 2.32. The topological polar surface area (TPSA) is 104 Å². The lowest BCUT2D eigenvalue weighted by Crippen LogP contribution is -2.14. The molecule has 1 N–H and O–H groups in total. The van der Waals surface area contributed by atoms with Gasteiger partial charge in [0.25, 0.3) is 11.8 Å². The Labute approximate surface area is 201 Å². The molecule has 9 heteroatoms. The Balaban J connectivity index is 1.71. The molecule has 1 amide bonds. The van der Waals surface area contributed by atoms with Crippen LogP contribution >= 0.6 is 0 Å². The standard InChI is InChI=1S/C26H23N5O4/c1-15-22-20(25(32)28-23-16(2)35-30-26(23)34-4)14-21(17-10-12-19(33-3)13-11-17)27-24(22)31(29-15)18-8-6-5-7-9-18/h5-14H,1-4H3,(H,28,32). The lowest BCUT2D eigenvalue weighted by atomic mass is 10.0. The summed E-state index contributed by atoms with van der Waals surface area (Å²) in [6.45, 7) is 3.56. The number of nitrogens with one attached hydrogen (secondary N) is 1. The first-order valence-corrected chi connectivity index (χ1v) is 10.9. The quantitative estimate of drug-likeness (QED) is 0.375. The van der Waals surface area contributed by atoms with Crippen LogP contribution in [0.1, 0.15) is 21.8 Å². The average Bonchev–Trinajstić information content (AvgIpc) is 3.43. The third kappa shape index (κ3) is 3.97. The average molecular weight is 470 g/mol. The van der Waals surface area contributed by atoms with E-state index in [0.717, 1.165) is 17.0 Å². The van der Waals surface area contributed by atoms with Crippen LogP contribution in [0, 0.1) is 13.8 Å². The molecule has 5 aromatic rings. The van der Waals surface area contributed by atoms with E-state index in [-0.39, 0.29) is 11.8 Å². The molecule has 0 atom stereocenters. The monoisotopic (exact) mass is 469 g/mol. The molecule has 2 aromatic carbocycles. The molecule has 0 saturated heterocycles. The SMILES string of the molecule is COc1ccc(-c2cc(C(=O)Nc3c(OC)noc3C)c3c(C)nn(-c4ccccc4)c3n2)cc1. The van der Waals surface area contributed by atoms with Gasteiger partial charge in [-0.05, 0) is 61.5 Å². The highest BCUT2D eigenvalue weighted by molar-refractivity contribution is 6.14. The van der Waals surface area contributed by atoms with Crippen LogP contribution in [-0.4, -0.2) is 40.0 Å². The number of fused-ring (bicyclic) bond motifs is 1. The first kappa shape index (κ1) is 22.1. The van der Waals surface area contributed by atoms with Crippen molar-refractivity contribution in [3.63, 3.8) is 0 Å². The first-order valence-electron chi connectivity index (χ1n) is 10.9. The van der Waals surface area contributed by atoms with Gasteiger partial charge in [0, 0.05) is 5.56 Å². The van der Waals surface area contributed by atoms with E-state index < -0.39 is 0 Å². The van der Waals surface area contributed by atoms with Crippen molar-refractivity contribution >= 4 is 22.6 Å². The second-order valence-corrected chi connectivity index (χ2v) is 7.89. The van der Waals surface area contributed by atoms with E-state index in [2.05, 4.69) is 10.5 Å². The van der Waals surface area contributed by atoms with E-state index in [1.54, 1.807) is 24.8 Å². The fourth-order valence-corrected chi connectivity index (χ4v) is 3.94. The number of hydrogen-bond acceptors (Lipinski definition) is 7. The minimum Gasteiger partial charge on any atom is -0.497 e. The van der Waals surface area contributed by atoms with Gasteiger partial charge in [-0.1, -0.05) is 18.2 Å². The highest BCUT2D eigenvalue weighted by atomic mass is 16.5. The molecule has 176 valence electrons. The van der Waals surface area contributed by atoms with Gasteiger partial charge < -0.3 is 19.3 Å². The second-order valence-electron chi connectivity index (χ2n) is 7.89. The summed E-state index contributed by atoms with van der Waals surface area (Å²) in [5.41, 5.74) is 4.34. The van der Waals surface area contributed by atoms with Crippen molar-refractivity contribution in [1.29, 1.82) is 0 Å². The zero-order valence-electron chi connectivity index (χ0n) is 19.7. The molecule has 0 saturated carbocycles. The minimum absolute atomic E-state index is 0.202. The second kappa shape index (κ2) is 8.94. The maximum Gasteiger partial charge on any atom is 0.278 e. The first-order chi connectivity index (χ1) is 17.0. The van der Waals surface area contributed by atoms with Gasteiger partial charge in [-0.3, -0.25) is 4.79 Å². The predicted octanol–water partition coefficient (Wildman–Crippen LogP) is 4.96. The molecule has 35 heavy (non-hydrogen) atoms. The zero-order chi connectivity index (χ0) is 24.5. The summed E-state index contributed by atoms with van der Waals surface area (Å²) in [5, 5.41) is 12.1. The molecular formula is C26H23N5O4. The molecule has 0 aliphatic carbocycles. The molecular weight excluding hydrogens is 446 g/mol. The summed E-state index contributed by atoms with van der Waals surface area (Å²) < 4.78 is 17.4. The third-order valence-corrected chi connectivity index (χ3v) is 5.71. The number of carbonyl (C=O) groups excluding carboxylic acids is 1. The number of carbonyl (C=O) groups is 1. The van der Waals surface area contributed by atoms with Crippen LogP contribution < -0.4 is 14.8 Å². The number of anilines is 1. The molecule has 9 nitrogen and oxygen atoms in total. The van der Waals surface area contributed by atoms with Crippen molar-refractivity contribution in [3.05, 3.63) is 77.7 Å². The summed E-state index contributed by atoms with van der Waals surface area (Å²) in [6.07, 6.45) is 0. The summed E-state index contributed by atoms with van der Waals surface area (Å²) in [7, 11) is 3.08. The van der Waals surface area contributed by atoms with Crippen LogP contribution in [0.5, 0.6) is 11.6 Å². The molecule has 0 aliphatic rings. The van der Waals surface area contributed by atoms with E-state index in [4.69, 9.17) is 24.1 Å². The molecule has 5 rings (SSSR count).